The number of ether oxygens (including phenoxy) is 1. The first-order chi connectivity index (χ1) is 14.0. The van der Waals surface area contributed by atoms with E-state index in [-0.39, 0.29) is 12.1 Å². The number of nitrogens with one attached hydrogen (secondary N) is 2. The Balaban J connectivity index is 1.91. The van der Waals surface area contributed by atoms with E-state index < -0.39 is 46.7 Å². The van der Waals surface area contributed by atoms with Gasteiger partial charge in [0.05, 0.1) is 23.8 Å². The molecule has 2 saturated carbocycles. The van der Waals surface area contributed by atoms with Crippen LogP contribution in [0.1, 0.15) is 66.4 Å². The van der Waals surface area contributed by atoms with Crippen molar-refractivity contribution < 1.29 is 35.9 Å². The van der Waals surface area contributed by atoms with E-state index in [4.69, 9.17) is 4.74 Å². The molecule has 2 atom stereocenters. The molecule has 3 rings (SSSR count). The first-order valence-corrected chi connectivity index (χ1v) is 9.94. The van der Waals surface area contributed by atoms with Gasteiger partial charge in [-0.15, -0.1) is 0 Å². The van der Waals surface area contributed by atoms with E-state index in [1.165, 1.54) is 0 Å². The predicted octanol–water partition coefficient (Wildman–Crippen LogP) is 4.92. The summed E-state index contributed by atoms with van der Waals surface area (Å²) in [7, 11) is 0.938. The molecule has 2 aliphatic rings. The van der Waals surface area contributed by atoms with Crippen LogP contribution in [0.4, 0.5) is 26.3 Å². The number of hydrogen-bond acceptors (Lipinski definition) is 3. The van der Waals surface area contributed by atoms with E-state index in [0.29, 0.717) is 18.5 Å². The van der Waals surface area contributed by atoms with Gasteiger partial charge in [-0.05, 0) is 37.8 Å². The zero-order chi connectivity index (χ0) is 22.1. The Hall–Kier alpha value is -1.97. The summed E-state index contributed by atoms with van der Waals surface area (Å²) >= 11 is 0. The van der Waals surface area contributed by atoms with E-state index in [0.717, 1.165) is 45.6 Å². The third-order valence-electron chi connectivity index (χ3n) is 5.82. The molecule has 10 heteroatoms. The lowest BCUT2D eigenvalue weighted by Crippen LogP contribution is -2.55. The molecule has 30 heavy (non-hydrogen) atoms. The Bertz CT molecular complexity index is 774. The molecule has 0 aliphatic heterocycles. The van der Waals surface area contributed by atoms with E-state index in [9.17, 15) is 31.1 Å². The highest BCUT2D eigenvalue weighted by molar-refractivity contribution is 5.99. The minimum Gasteiger partial charge on any atom is -0.496 e. The van der Waals surface area contributed by atoms with Gasteiger partial charge in [0.15, 0.2) is 0 Å². The number of rotatable bonds is 5. The van der Waals surface area contributed by atoms with Gasteiger partial charge in [0.25, 0.3) is 5.91 Å². The second kappa shape index (κ2) is 8.64. The van der Waals surface area contributed by atoms with Crippen molar-refractivity contribution in [3.05, 3.63) is 28.8 Å². The zero-order valence-corrected chi connectivity index (χ0v) is 16.4. The van der Waals surface area contributed by atoms with Crippen LogP contribution in [0.15, 0.2) is 12.1 Å². The maximum Gasteiger partial charge on any atom is 0.417 e. The van der Waals surface area contributed by atoms with Crippen LogP contribution >= 0.6 is 0 Å². The van der Waals surface area contributed by atoms with Crippen LogP contribution in [-0.4, -0.2) is 31.1 Å². The molecular formula is C20H24F6N2O2. The lowest BCUT2D eigenvalue weighted by molar-refractivity contribution is -0.143. The SMILES string of the molecule is COc1cc(C(F)(F)F)cc(C(F)(F)F)c1C(=O)NC1CCCC[C@@H]1NC1CCC1. The fraction of sp³-hybridized carbons (Fsp3) is 0.650. The smallest absolute Gasteiger partial charge is 0.417 e. The number of hydrogen-bond donors (Lipinski definition) is 2. The summed E-state index contributed by atoms with van der Waals surface area (Å²) in [5.74, 6) is -1.84. The van der Waals surface area contributed by atoms with Crippen molar-refractivity contribution in [1.82, 2.24) is 10.6 Å². The van der Waals surface area contributed by atoms with E-state index in [1.807, 2.05) is 0 Å². The van der Waals surface area contributed by atoms with Crippen molar-refractivity contribution in [2.45, 2.75) is 75.4 Å². The fourth-order valence-electron chi connectivity index (χ4n) is 4.02. The highest BCUT2D eigenvalue weighted by Crippen LogP contribution is 2.41. The summed E-state index contributed by atoms with van der Waals surface area (Å²) in [4.78, 5) is 12.8. The van der Waals surface area contributed by atoms with Crippen molar-refractivity contribution in [2.75, 3.05) is 7.11 Å². The van der Waals surface area contributed by atoms with Gasteiger partial charge in [0, 0.05) is 18.1 Å². The quantitative estimate of drug-likeness (QED) is 0.642. The highest BCUT2D eigenvalue weighted by Gasteiger charge is 2.42. The average molecular weight is 438 g/mol. The molecule has 4 nitrogen and oxygen atoms in total. The van der Waals surface area contributed by atoms with Crippen molar-refractivity contribution in [1.29, 1.82) is 0 Å². The van der Waals surface area contributed by atoms with Crippen LogP contribution in [0.3, 0.4) is 0 Å². The Kier molecular flexibility index (Phi) is 6.54. The van der Waals surface area contributed by atoms with Crippen LogP contribution in [0.2, 0.25) is 0 Å². The summed E-state index contributed by atoms with van der Waals surface area (Å²) in [6.45, 7) is 0. The van der Waals surface area contributed by atoms with E-state index >= 15 is 0 Å². The van der Waals surface area contributed by atoms with Gasteiger partial charge < -0.3 is 15.4 Å². The second-order valence-corrected chi connectivity index (χ2v) is 7.86. The zero-order valence-electron chi connectivity index (χ0n) is 16.4. The molecule has 0 radical (unpaired) electrons. The Morgan fingerprint density at radius 3 is 2.07 bits per heavy atom. The Labute approximate surface area is 170 Å². The lowest BCUT2D eigenvalue weighted by atomic mass is 9.86. The fourth-order valence-corrected chi connectivity index (χ4v) is 4.02. The van der Waals surface area contributed by atoms with Crippen LogP contribution in [0, 0.1) is 0 Å². The maximum atomic E-state index is 13.6. The largest absolute Gasteiger partial charge is 0.496 e. The first-order valence-electron chi connectivity index (χ1n) is 9.94. The van der Waals surface area contributed by atoms with Crippen molar-refractivity contribution in [3.8, 4) is 5.75 Å². The average Bonchev–Trinajstić information content (AvgIpc) is 2.63. The summed E-state index contributed by atoms with van der Waals surface area (Å²) in [5, 5.41) is 6.07. The lowest BCUT2D eigenvalue weighted by Gasteiger charge is -2.38. The van der Waals surface area contributed by atoms with Gasteiger partial charge in [-0.2, -0.15) is 26.3 Å². The number of methoxy groups -OCH3 is 1. The van der Waals surface area contributed by atoms with E-state index in [1.54, 1.807) is 0 Å². The molecule has 2 N–H and O–H groups in total. The molecule has 0 aromatic heterocycles. The van der Waals surface area contributed by atoms with Crippen LogP contribution in [-0.2, 0) is 12.4 Å². The molecule has 1 amide bonds. The molecular weight excluding hydrogens is 414 g/mol. The third kappa shape index (κ3) is 5.01. The predicted molar refractivity (Wildman–Crippen MR) is 97.3 cm³/mol. The van der Waals surface area contributed by atoms with Crippen molar-refractivity contribution >= 4 is 5.91 Å². The molecule has 168 valence electrons. The minimum atomic E-state index is -5.16. The molecule has 0 heterocycles. The molecule has 1 aromatic rings. The number of amides is 1. The molecule has 0 spiro atoms. The summed E-state index contributed by atoms with van der Waals surface area (Å²) in [5.41, 5.74) is -4.11. The topological polar surface area (TPSA) is 50.4 Å². The molecule has 2 aliphatic carbocycles. The molecule has 1 aromatic carbocycles. The number of benzene rings is 1. The molecule has 0 bridgehead atoms. The second-order valence-electron chi connectivity index (χ2n) is 7.86. The molecule has 1 unspecified atom stereocenters. The van der Waals surface area contributed by atoms with Crippen molar-refractivity contribution in [2.24, 2.45) is 0 Å². The number of halogens is 6. The van der Waals surface area contributed by atoms with E-state index in [2.05, 4.69) is 10.6 Å². The summed E-state index contributed by atoms with van der Waals surface area (Å²) < 4.78 is 84.6. The van der Waals surface area contributed by atoms with Gasteiger partial charge in [-0.1, -0.05) is 19.3 Å². The monoisotopic (exact) mass is 438 g/mol. The Morgan fingerprint density at radius 2 is 1.57 bits per heavy atom. The maximum absolute atomic E-state index is 13.6. The van der Waals surface area contributed by atoms with Crippen molar-refractivity contribution in [3.63, 3.8) is 0 Å². The van der Waals surface area contributed by atoms with Crippen LogP contribution < -0.4 is 15.4 Å². The van der Waals surface area contributed by atoms with Gasteiger partial charge in [0.2, 0.25) is 0 Å². The highest BCUT2D eigenvalue weighted by atomic mass is 19.4. The standard InChI is InChI=1S/C20H24F6N2O2/c1-30-16-10-11(19(21,22)23)9-13(20(24,25)26)17(16)18(29)28-15-8-3-2-7-14(15)27-12-5-4-6-12/h9-10,12,14-15,27H,2-8H2,1H3,(H,28,29)/t14-,15?/m0/s1. The van der Waals surface area contributed by atoms with Gasteiger partial charge in [0.1, 0.15) is 5.75 Å². The van der Waals surface area contributed by atoms with Crippen LogP contribution in [0.5, 0.6) is 5.75 Å². The summed E-state index contributed by atoms with van der Waals surface area (Å²) in [6, 6.07) is 0.235. The Morgan fingerprint density at radius 1 is 0.933 bits per heavy atom. The molecule has 0 saturated heterocycles. The van der Waals surface area contributed by atoms with Crippen LogP contribution in [0.25, 0.3) is 0 Å². The van der Waals surface area contributed by atoms with Gasteiger partial charge in [-0.3, -0.25) is 4.79 Å². The number of carbonyl (C=O) groups is 1. The number of carbonyl (C=O) groups excluding carboxylic acids is 1. The number of alkyl halides is 6. The first kappa shape index (κ1) is 22.7. The van der Waals surface area contributed by atoms with Gasteiger partial charge >= 0.3 is 12.4 Å². The summed E-state index contributed by atoms with van der Waals surface area (Å²) in [6.07, 6.45) is -3.92. The normalized spacial score (nSPS) is 23.0. The minimum absolute atomic E-state index is 0.0393. The third-order valence-corrected chi connectivity index (χ3v) is 5.82. The molecule has 2 fully saturated rings. The van der Waals surface area contributed by atoms with Gasteiger partial charge in [-0.25, -0.2) is 0 Å².